The monoisotopic (exact) mass is 266 g/mol. The average Bonchev–Trinajstić information content (AvgIpc) is 3.02. The van der Waals surface area contributed by atoms with Crippen LogP contribution in [0, 0.1) is 11.8 Å². The van der Waals surface area contributed by atoms with Gasteiger partial charge in [-0.25, -0.2) is 0 Å². The molecule has 2 N–H and O–H groups in total. The van der Waals surface area contributed by atoms with E-state index >= 15 is 0 Å². The van der Waals surface area contributed by atoms with E-state index in [2.05, 4.69) is 5.32 Å². The fraction of sp³-hybridized carbons (Fsp3) is 0.857. The lowest BCUT2D eigenvalue weighted by Gasteiger charge is -2.21. The van der Waals surface area contributed by atoms with E-state index in [-0.39, 0.29) is 36.3 Å². The fourth-order valence-electron chi connectivity index (χ4n) is 3.39. The molecule has 3 rings (SSSR count). The number of likely N-dealkylation sites (tertiary alicyclic amines) is 1. The summed E-state index contributed by atoms with van der Waals surface area (Å²) >= 11 is 0. The molecule has 0 spiro atoms. The first kappa shape index (κ1) is 12.9. The number of hydrogen-bond acceptors (Lipinski definition) is 3. The molecule has 5 heteroatoms. The molecule has 0 aromatic rings. The molecule has 2 amide bonds. The Balaban J connectivity index is 1.54. The molecule has 106 valence electrons. The van der Waals surface area contributed by atoms with Crippen molar-refractivity contribution in [1.82, 2.24) is 10.2 Å². The number of rotatable bonds is 4. The minimum Gasteiger partial charge on any atom is -0.396 e. The Morgan fingerprint density at radius 2 is 2.11 bits per heavy atom. The maximum Gasteiger partial charge on any atom is 0.225 e. The summed E-state index contributed by atoms with van der Waals surface area (Å²) in [6, 6.07) is 0.504. The van der Waals surface area contributed by atoms with E-state index in [0.717, 1.165) is 32.1 Å². The van der Waals surface area contributed by atoms with Gasteiger partial charge in [0.15, 0.2) is 0 Å². The number of aliphatic hydroxyl groups excluding tert-OH is 1. The van der Waals surface area contributed by atoms with Crippen molar-refractivity contribution < 1.29 is 14.7 Å². The second-order valence-corrected chi connectivity index (χ2v) is 6.17. The van der Waals surface area contributed by atoms with E-state index in [1.54, 1.807) is 0 Å². The van der Waals surface area contributed by atoms with E-state index in [0.29, 0.717) is 19.0 Å². The Labute approximate surface area is 113 Å². The lowest BCUT2D eigenvalue weighted by atomic mass is 10.0. The van der Waals surface area contributed by atoms with E-state index in [1.165, 1.54) is 0 Å². The number of aliphatic hydroxyl groups is 1. The van der Waals surface area contributed by atoms with Gasteiger partial charge < -0.3 is 15.3 Å². The Morgan fingerprint density at radius 3 is 2.79 bits per heavy atom. The van der Waals surface area contributed by atoms with Crippen molar-refractivity contribution in [1.29, 1.82) is 0 Å². The number of nitrogens with zero attached hydrogens (tertiary/aromatic N) is 1. The Morgan fingerprint density at radius 1 is 1.32 bits per heavy atom. The minimum absolute atomic E-state index is 0.00171. The number of carbonyl (C=O) groups is 2. The SMILES string of the molecule is O=C(NC1CCCC1CO)C1CC(=O)N(C2CC2)C1. The lowest BCUT2D eigenvalue weighted by Crippen LogP contribution is -2.42. The summed E-state index contributed by atoms with van der Waals surface area (Å²) in [5.41, 5.74) is 0. The number of nitrogens with one attached hydrogen (secondary N) is 1. The van der Waals surface area contributed by atoms with Gasteiger partial charge in [-0.05, 0) is 25.7 Å². The van der Waals surface area contributed by atoms with Crippen LogP contribution in [0.4, 0.5) is 0 Å². The lowest BCUT2D eigenvalue weighted by molar-refractivity contribution is -0.129. The first-order chi connectivity index (χ1) is 9.19. The highest BCUT2D eigenvalue weighted by Gasteiger charge is 2.42. The van der Waals surface area contributed by atoms with Gasteiger partial charge in [0.1, 0.15) is 0 Å². The van der Waals surface area contributed by atoms with Gasteiger partial charge in [-0.15, -0.1) is 0 Å². The van der Waals surface area contributed by atoms with Crippen molar-refractivity contribution in [2.45, 2.75) is 50.6 Å². The van der Waals surface area contributed by atoms with E-state index in [4.69, 9.17) is 0 Å². The third-order valence-corrected chi connectivity index (χ3v) is 4.74. The first-order valence-corrected chi connectivity index (χ1v) is 7.39. The maximum atomic E-state index is 12.2. The number of hydrogen-bond donors (Lipinski definition) is 2. The molecule has 0 bridgehead atoms. The molecule has 19 heavy (non-hydrogen) atoms. The molecule has 0 aromatic carbocycles. The molecule has 3 unspecified atom stereocenters. The van der Waals surface area contributed by atoms with Crippen LogP contribution >= 0.6 is 0 Å². The van der Waals surface area contributed by atoms with Crippen molar-refractivity contribution >= 4 is 11.8 Å². The summed E-state index contributed by atoms with van der Waals surface area (Å²) in [4.78, 5) is 25.9. The molecule has 3 fully saturated rings. The first-order valence-electron chi connectivity index (χ1n) is 7.39. The number of carbonyl (C=O) groups excluding carboxylic acids is 2. The van der Waals surface area contributed by atoms with Gasteiger partial charge in [0, 0.05) is 37.6 Å². The molecular formula is C14H22N2O3. The molecule has 3 atom stereocenters. The van der Waals surface area contributed by atoms with Gasteiger partial charge in [0.05, 0.1) is 5.92 Å². The van der Waals surface area contributed by atoms with E-state index < -0.39 is 0 Å². The zero-order valence-electron chi connectivity index (χ0n) is 11.2. The molecule has 1 aliphatic heterocycles. The molecule has 3 aliphatic rings. The topological polar surface area (TPSA) is 69.6 Å². The predicted octanol–water partition coefficient (Wildman–Crippen LogP) is 0.274. The van der Waals surface area contributed by atoms with Crippen LogP contribution in [-0.4, -0.2) is 47.1 Å². The molecular weight excluding hydrogens is 244 g/mol. The van der Waals surface area contributed by atoms with Crippen LogP contribution in [0.2, 0.25) is 0 Å². The molecule has 5 nitrogen and oxygen atoms in total. The fourth-order valence-corrected chi connectivity index (χ4v) is 3.39. The van der Waals surface area contributed by atoms with Gasteiger partial charge >= 0.3 is 0 Å². The average molecular weight is 266 g/mol. The second-order valence-electron chi connectivity index (χ2n) is 6.17. The van der Waals surface area contributed by atoms with Crippen LogP contribution in [0.25, 0.3) is 0 Å². The summed E-state index contributed by atoms with van der Waals surface area (Å²) in [5.74, 6) is 0.142. The summed E-state index contributed by atoms with van der Waals surface area (Å²) in [6.45, 7) is 0.731. The van der Waals surface area contributed by atoms with E-state index in [1.807, 2.05) is 4.90 Å². The van der Waals surface area contributed by atoms with Crippen LogP contribution in [0.3, 0.4) is 0 Å². The molecule has 0 radical (unpaired) electrons. The van der Waals surface area contributed by atoms with Crippen molar-refractivity contribution in [3.63, 3.8) is 0 Å². The third-order valence-electron chi connectivity index (χ3n) is 4.74. The van der Waals surface area contributed by atoms with Crippen molar-refractivity contribution in [3.8, 4) is 0 Å². The predicted molar refractivity (Wildman–Crippen MR) is 69.2 cm³/mol. The van der Waals surface area contributed by atoms with Crippen molar-refractivity contribution in [3.05, 3.63) is 0 Å². The molecule has 2 saturated carbocycles. The largest absolute Gasteiger partial charge is 0.396 e. The van der Waals surface area contributed by atoms with Crippen LogP contribution in [0.1, 0.15) is 38.5 Å². The maximum absolute atomic E-state index is 12.2. The Kier molecular flexibility index (Phi) is 3.48. The molecule has 1 heterocycles. The molecule has 0 aromatic heterocycles. The van der Waals surface area contributed by atoms with Crippen LogP contribution in [-0.2, 0) is 9.59 Å². The number of amides is 2. The quantitative estimate of drug-likeness (QED) is 0.767. The van der Waals surface area contributed by atoms with Crippen molar-refractivity contribution in [2.24, 2.45) is 11.8 Å². The Hall–Kier alpha value is -1.10. The summed E-state index contributed by atoms with van der Waals surface area (Å²) in [7, 11) is 0. The van der Waals surface area contributed by atoms with Crippen LogP contribution in [0.15, 0.2) is 0 Å². The molecule has 1 saturated heterocycles. The van der Waals surface area contributed by atoms with Gasteiger partial charge in [0.25, 0.3) is 0 Å². The van der Waals surface area contributed by atoms with Gasteiger partial charge in [-0.2, -0.15) is 0 Å². The smallest absolute Gasteiger partial charge is 0.225 e. The van der Waals surface area contributed by atoms with Crippen molar-refractivity contribution in [2.75, 3.05) is 13.2 Å². The highest BCUT2D eigenvalue weighted by molar-refractivity contribution is 5.89. The van der Waals surface area contributed by atoms with Gasteiger partial charge in [0.2, 0.25) is 11.8 Å². The van der Waals surface area contributed by atoms with Crippen LogP contribution in [0.5, 0.6) is 0 Å². The van der Waals surface area contributed by atoms with Gasteiger partial charge in [-0.1, -0.05) is 6.42 Å². The zero-order valence-corrected chi connectivity index (χ0v) is 11.2. The standard InChI is InChI=1S/C14H22N2O3/c17-8-9-2-1-3-12(9)15-14(19)10-6-13(18)16(7-10)11-4-5-11/h9-12,17H,1-8H2,(H,15,19). The summed E-state index contributed by atoms with van der Waals surface area (Å²) in [6.07, 6.45) is 5.54. The second kappa shape index (κ2) is 5.12. The highest BCUT2D eigenvalue weighted by atomic mass is 16.3. The minimum atomic E-state index is -0.187. The molecule has 2 aliphatic carbocycles. The highest BCUT2D eigenvalue weighted by Crippen LogP contribution is 2.33. The zero-order chi connectivity index (χ0) is 13.4. The normalized spacial score (nSPS) is 34.9. The third kappa shape index (κ3) is 2.61. The Bertz CT molecular complexity index is 381. The summed E-state index contributed by atoms with van der Waals surface area (Å²) in [5, 5.41) is 12.3. The van der Waals surface area contributed by atoms with Gasteiger partial charge in [-0.3, -0.25) is 9.59 Å². The summed E-state index contributed by atoms with van der Waals surface area (Å²) < 4.78 is 0. The van der Waals surface area contributed by atoms with E-state index in [9.17, 15) is 14.7 Å². The van der Waals surface area contributed by atoms with Crippen LogP contribution < -0.4 is 5.32 Å².